The van der Waals surface area contributed by atoms with Gasteiger partial charge in [0, 0.05) is 43.0 Å². The number of nitrogens with zero attached hydrogens (tertiary/aromatic N) is 4. The smallest absolute Gasteiger partial charge is 0.271 e. The molecule has 0 amide bonds. The molecule has 0 fully saturated rings. The number of benzene rings is 1. The van der Waals surface area contributed by atoms with E-state index >= 15 is 0 Å². The summed E-state index contributed by atoms with van der Waals surface area (Å²) in [5.74, 6) is 0. The summed E-state index contributed by atoms with van der Waals surface area (Å²) in [4.78, 5) is 2.51. The molecular formula is C20H24N4O2S. The van der Waals surface area contributed by atoms with Gasteiger partial charge in [0.25, 0.3) is 10.0 Å². The van der Waals surface area contributed by atoms with Gasteiger partial charge in [0.1, 0.15) is 4.90 Å². The molecule has 0 saturated carbocycles. The standard InChI is InChI=1S/C20H24N4O2S/c1-4-23-14-20(15(2)21-23)27(25,26)24-13-18(16-9-11-22(3)12-10-16)17-7-5-6-8-19(17)24/h5-9,13-14H,4,10-12H2,1-3H3. The van der Waals surface area contributed by atoms with Gasteiger partial charge in [-0.25, -0.2) is 12.4 Å². The van der Waals surface area contributed by atoms with Crippen molar-refractivity contribution in [2.24, 2.45) is 0 Å². The van der Waals surface area contributed by atoms with Crippen molar-refractivity contribution in [1.29, 1.82) is 0 Å². The first kappa shape index (κ1) is 18.0. The number of hydrogen-bond acceptors (Lipinski definition) is 4. The van der Waals surface area contributed by atoms with E-state index in [1.54, 1.807) is 24.0 Å². The molecule has 0 saturated heterocycles. The van der Waals surface area contributed by atoms with Crippen molar-refractivity contribution < 1.29 is 8.42 Å². The maximum atomic E-state index is 13.4. The molecular weight excluding hydrogens is 360 g/mol. The molecule has 0 unspecified atom stereocenters. The van der Waals surface area contributed by atoms with Crippen LogP contribution in [0.2, 0.25) is 0 Å². The fraction of sp³-hybridized carbons (Fsp3) is 0.350. The fourth-order valence-electron chi connectivity index (χ4n) is 3.64. The first-order valence-electron chi connectivity index (χ1n) is 9.19. The predicted octanol–water partition coefficient (Wildman–Crippen LogP) is 3.12. The van der Waals surface area contributed by atoms with E-state index in [1.165, 1.54) is 9.55 Å². The van der Waals surface area contributed by atoms with E-state index < -0.39 is 10.0 Å². The van der Waals surface area contributed by atoms with Gasteiger partial charge >= 0.3 is 0 Å². The second-order valence-electron chi connectivity index (χ2n) is 7.04. The first-order valence-corrected chi connectivity index (χ1v) is 10.6. The Balaban J connectivity index is 1.91. The summed E-state index contributed by atoms with van der Waals surface area (Å²) in [6.07, 6.45) is 6.51. The lowest BCUT2D eigenvalue weighted by atomic mass is 9.99. The lowest BCUT2D eigenvalue weighted by Crippen LogP contribution is -2.23. The molecule has 3 aromatic rings. The molecule has 6 nitrogen and oxygen atoms in total. The average molecular weight is 385 g/mol. The predicted molar refractivity (Wildman–Crippen MR) is 107 cm³/mol. The molecule has 7 heteroatoms. The number of fused-ring (bicyclic) bond motifs is 1. The number of aryl methyl sites for hydroxylation is 2. The summed E-state index contributed by atoms with van der Waals surface area (Å²) in [5.41, 5.74) is 3.44. The average Bonchev–Trinajstić information content (AvgIpc) is 3.24. The van der Waals surface area contributed by atoms with Crippen LogP contribution in [0, 0.1) is 6.92 Å². The highest BCUT2D eigenvalue weighted by atomic mass is 32.2. The third-order valence-electron chi connectivity index (χ3n) is 5.20. The van der Waals surface area contributed by atoms with E-state index in [0.717, 1.165) is 30.5 Å². The highest BCUT2D eigenvalue weighted by molar-refractivity contribution is 7.90. The van der Waals surface area contributed by atoms with Crippen LogP contribution < -0.4 is 0 Å². The van der Waals surface area contributed by atoms with Crippen molar-refractivity contribution in [3.05, 3.63) is 54.0 Å². The molecule has 0 atom stereocenters. The number of likely N-dealkylation sites (N-methyl/N-ethyl adjacent to an activating group) is 1. The minimum Gasteiger partial charge on any atom is -0.302 e. The molecule has 4 rings (SSSR count). The van der Waals surface area contributed by atoms with Gasteiger partial charge in [-0.1, -0.05) is 24.3 Å². The first-order chi connectivity index (χ1) is 12.9. The number of rotatable bonds is 4. The lowest BCUT2D eigenvalue weighted by molar-refractivity contribution is 0.370. The normalized spacial score (nSPS) is 16.0. The molecule has 0 radical (unpaired) electrons. The van der Waals surface area contributed by atoms with Gasteiger partial charge in [-0.2, -0.15) is 5.10 Å². The van der Waals surface area contributed by atoms with E-state index in [0.29, 0.717) is 17.8 Å². The van der Waals surface area contributed by atoms with E-state index in [4.69, 9.17) is 0 Å². The Hall–Kier alpha value is -2.38. The van der Waals surface area contributed by atoms with Crippen LogP contribution in [0.4, 0.5) is 0 Å². The van der Waals surface area contributed by atoms with Crippen molar-refractivity contribution in [3.8, 4) is 0 Å². The van der Waals surface area contributed by atoms with E-state index in [1.807, 2.05) is 31.2 Å². The van der Waals surface area contributed by atoms with E-state index in [2.05, 4.69) is 23.1 Å². The maximum Gasteiger partial charge on any atom is 0.271 e. The summed E-state index contributed by atoms with van der Waals surface area (Å²) in [5, 5.41) is 5.28. The molecule has 1 aliphatic rings. The van der Waals surface area contributed by atoms with Crippen LogP contribution in [0.25, 0.3) is 16.5 Å². The Labute approximate surface area is 159 Å². The molecule has 0 spiro atoms. The summed E-state index contributed by atoms with van der Waals surface area (Å²) < 4.78 is 29.9. The van der Waals surface area contributed by atoms with Crippen LogP contribution in [-0.4, -0.2) is 47.2 Å². The zero-order valence-corrected chi connectivity index (χ0v) is 16.7. The van der Waals surface area contributed by atoms with Crippen LogP contribution in [0.3, 0.4) is 0 Å². The number of hydrogen-bond donors (Lipinski definition) is 0. The third-order valence-corrected chi connectivity index (χ3v) is 6.97. The largest absolute Gasteiger partial charge is 0.302 e. The minimum absolute atomic E-state index is 0.258. The quantitative estimate of drug-likeness (QED) is 0.693. The topological polar surface area (TPSA) is 60.1 Å². The highest BCUT2D eigenvalue weighted by Crippen LogP contribution is 2.33. The van der Waals surface area contributed by atoms with Gasteiger partial charge in [-0.3, -0.25) is 4.68 Å². The van der Waals surface area contributed by atoms with Crippen molar-refractivity contribution in [2.75, 3.05) is 20.1 Å². The molecule has 2 aromatic heterocycles. The van der Waals surface area contributed by atoms with Gasteiger partial charge in [0.2, 0.25) is 0 Å². The summed E-state index contributed by atoms with van der Waals surface area (Å²) in [6, 6.07) is 7.70. The van der Waals surface area contributed by atoms with Crippen LogP contribution >= 0.6 is 0 Å². The van der Waals surface area contributed by atoms with Gasteiger partial charge < -0.3 is 4.90 Å². The fourth-order valence-corrected chi connectivity index (χ4v) is 5.18. The molecule has 27 heavy (non-hydrogen) atoms. The Bertz CT molecular complexity index is 1140. The van der Waals surface area contributed by atoms with Gasteiger partial charge in [-0.05, 0) is 39.0 Å². The zero-order valence-electron chi connectivity index (χ0n) is 15.9. The zero-order chi connectivity index (χ0) is 19.2. The Morgan fingerprint density at radius 2 is 1.96 bits per heavy atom. The third kappa shape index (κ3) is 3.00. The maximum absolute atomic E-state index is 13.4. The number of para-hydroxylation sites is 1. The second kappa shape index (κ2) is 6.65. The van der Waals surface area contributed by atoms with E-state index in [9.17, 15) is 8.42 Å². The molecule has 142 valence electrons. The van der Waals surface area contributed by atoms with Crippen molar-refractivity contribution in [3.63, 3.8) is 0 Å². The molecule has 1 aliphatic heterocycles. The molecule has 0 aliphatic carbocycles. The van der Waals surface area contributed by atoms with Gasteiger partial charge in [-0.15, -0.1) is 0 Å². The SMILES string of the molecule is CCn1cc(S(=O)(=O)n2cc(C3=CCN(C)CC3)c3ccccc32)c(C)n1. The number of aromatic nitrogens is 3. The molecule has 0 N–H and O–H groups in total. The van der Waals surface area contributed by atoms with Crippen LogP contribution in [0.15, 0.2) is 47.6 Å². The highest BCUT2D eigenvalue weighted by Gasteiger charge is 2.26. The Kier molecular flexibility index (Phi) is 4.44. The molecule has 1 aromatic carbocycles. The summed E-state index contributed by atoms with van der Waals surface area (Å²) in [7, 11) is -1.63. The monoisotopic (exact) mass is 384 g/mol. The summed E-state index contributed by atoms with van der Waals surface area (Å²) in [6.45, 7) is 6.17. The van der Waals surface area contributed by atoms with Crippen molar-refractivity contribution in [1.82, 2.24) is 18.7 Å². The minimum atomic E-state index is -3.72. The van der Waals surface area contributed by atoms with Crippen molar-refractivity contribution >= 4 is 26.5 Å². The Morgan fingerprint density at radius 1 is 1.19 bits per heavy atom. The van der Waals surface area contributed by atoms with Crippen LogP contribution in [0.5, 0.6) is 0 Å². The van der Waals surface area contributed by atoms with Crippen molar-refractivity contribution in [2.45, 2.75) is 31.7 Å². The summed E-state index contributed by atoms with van der Waals surface area (Å²) >= 11 is 0. The molecule has 3 heterocycles. The van der Waals surface area contributed by atoms with E-state index in [-0.39, 0.29) is 4.90 Å². The lowest BCUT2D eigenvalue weighted by Gasteiger charge is -2.21. The van der Waals surface area contributed by atoms with Gasteiger partial charge in [0.15, 0.2) is 0 Å². The van der Waals surface area contributed by atoms with Crippen LogP contribution in [-0.2, 0) is 16.6 Å². The van der Waals surface area contributed by atoms with Gasteiger partial charge in [0.05, 0.1) is 11.2 Å². The Morgan fingerprint density at radius 3 is 2.63 bits per heavy atom. The van der Waals surface area contributed by atoms with Crippen LogP contribution in [0.1, 0.15) is 24.6 Å². The second-order valence-corrected chi connectivity index (χ2v) is 8.82. The molecule has 0 bridgehead atoms.